The Bertz CT molecular complexity index is 624. The van der Waals surface area contributed by atoms with Crippen molar-refractivity contribution in [2.24, 2.45) is 0 Å². The Labute approximate surface area is 124 Å². The molecule has 0 saturated carbocycles. The molecule has 0 bridgehead atoms. The van der Waals surface area contributed by atoms with Crippen molar-refractivity contribution < 1.29 is 0 Å². The minimum atomic E-state index is 0.774. The number of imidazole rings is 1. The van der Waals surface area contributed by atoms with Gasteiger partial charge in [-0.3, -0.25) is 4.40 Å². The Balaban J connectivity index is 1.97. The highest BCUT2D eigenvalue weighted by Gasteiger charge is 2.09. The summed E-state index contributed by atoms with van der Waals surface area (Å²) in [6.45, 7) is 4.49. The molecule has 0 aliphatic carbocycles. The van der Waals surface area contributed by atoms with Crippen molar-refractivity contribution in [1.29, 1.82) is 0 Å². The van der Waals surface area contributed by atoms with Gasteiger partial charge in [0.1, 0.15) is 0 Å². The van der Waals surface area contributed by atoms with E-state index < -0.39 is 0 Å². The molecule has 1 aliphatic heterocycles. The molecular weight excluding hydrogens is 270 g/mol. The average Bonchev–Trinajstić information content (AvgIpc) is 3.07. The van der Waals surface area contributed by atoms with E-state index in [0.29, 0.717) is 0 Å². The molecule has 1 fully saturated rings. The molecule has 3 nitrogen and oxygen atoms in total. The number of halogens is 1. The Morgan fingerprint density at radius 3 is 2.85 bits per heavy atom. The number of likely N-dealkylation sites (tertiary alicyclic amines) is 1. The molecule has 3 heterocycles. The van der Waals surface area contributed by atoms with Gasteiger partial charge in [-0.15, -0.1) is 0 Å². The topological polar surface area (TPSA) is 20.5 Å². The third kappa shape index (κ3) is 2.68. The lowest BCUT2D eigenvalue weighted by atomic mass is 10.2. The van der Waals surface area contributed by atoms with Crippen molar-refractivity contribution in [1.82, 2.24) is 14.3 Å². The first-order chi connectivity index (χ1) is 9.78. The summed E-state index contributed by atoms with van der Waals surface area (Å²) in [6.07, 6.45) is 10.9. The largest absolute Gasteiger partial charge is 0.377 e. The predicted octanol–water partition coefficient (Wildman–Crippen LogP) is 4.01. The number of aromatic nitrogens is 2. The highest BCUT2D eigenvalue weighted by Crippen LogP contribution is 2.21. The van der Waals surface area contributed by atoms with Gasteiger partial charge in [0.05, 0.1) is 23.2 Å². The molecule has 0 radical (unpaired) electrons. The third-order valence-corrected chi connectivity index (χ3v) is 4.02. The summed E-state index contributed by atoms with van der Waals surface area (Å²) in [6, 6.07) is 4.01. The smallest absolute Gasteiger partial charge is 0.1000 e. The van der Waals surface area contributed by atoms with E-state index >= 15 is 0 Å². The molecule has 0 amide bonds. The van der Waals surface area contributed by atoms with Crippen LogP contribution in [-0.4, -0.2) is 27.4 Å². The zero-order valence-corrected chi connectivity index (χ0v) is 12.6. The number of aryl methyl sites for hydroxylation is 1. The summed E-state index contributed by atoms with van der Waals surface area (Å²) in [7, 11) is 0. The average molecular weight is 290 g/mol. The van der Waals surface area contributed by atoms with E-state index in [0.717, 1.165) is 47.9 Å². The standard InChI is InChI=1S/C16H20ClN3/c1-2-5-15-16-11-13(17)10-14(20(16)12-18-15)6-9-19-7-3-4-8-19/h6,9-12H,2-5,7-8H2,1H3/b9-6+. The lowest BCUT2D eigenvalue weighted by molar-refractivity contribution is 0.471. The summed E-state index contributed by atoms with van der Waals surface area (Å²) >= 11 is 6.26. The van der Waals surface area contributed by atoms with Crippen LogP contribution in [-0.2, 0) is 6.42 Å². The van der Waals surface area contributed by atoms with Crippen LogP contribution in [0, 0.1) is 0 Å². The maximum absolute atomic E-state index is 6.26. The number of pyridine rings is 1. The molecule has 0 N–H and O–H groups in total. The zero-order valence-electron chi connectivity index (χ0n) is 11.8. The number of hydrogen-bond donors (Lipinski definition) is 0. The predicted molar refractivity (Wildman–Crippen MR) is 84.0 cm³/mol. The Kier molecular flexibility index (Phi) is 3.97. The summed E-state index contributed by atoms with van der Waals surface area (Å²) < 4.78 is 2.13. The molecule has 2 aromatic heterocycles. The van der Waals surface area contributed by atoms with Crippen LogP contribution in [0.25, 0.3) is 11.6 Å². The molecule has 1 aliphatic rings. The summed E-state index contributed by atoms with van der Waals surface area (Å²) in [5.74, 6) is 0. The second-order valence-electron chi connectivity index (χ2n) is 5.35. The molecule has 4 heteroatoms. The van der Waals surface area contributed by atoms with E-state index in [9.17, 15) is 0 Å². The number of fused-ring (bicyclic) bond motifs is 1. The van der Waals surface area contributed by atoms with Crippen molar-refractivity contribution in [2.45, 2.75) is 32.6 Å². The maximum atomic E-state index is 6.26. The molecule has 20 heavy (non-hydrogen) atoms. The number of nitrogens with zero attached hydrogens (tertiary/aromatic N) is 3. The highest BCUT2D eigenvalue weighted by molar-refractivity contribution is 6.31. The van der Waals surface area contributed by atoms with E-state index in [1.54, 1.807) is 0 Å². The molecule has 0 aromatic carbocycles. The van der Waals surface area contributed by atoms with Gasteiger partial charge >= 0.3 is 0 Å². The summed E-state index contributed by atoms with van der Waals surface area (Å²) in [5.41, 5.74) is 3.35. The van der Waals surface area contributed by atoms with Crippen molar-refractivity contribution in [3.63, 3.8) is 0 Å². The number of rotatable bonds is 4. The van der Waals surface area contributed by atoms with Crippen LogP contribution < -0.4 is 0 Å². The SMILES string of the molecule is CCCc1ncn2c(/C=C/N3CCCC3)cc(Cl)cc12. The normalized spacial score (nSPS) is 15.8. The van der Waals surface area contributed by atoms with Crippen LogP contribution in [0.3, 0.4) is 0 Å². The second-order valence-corrected chi connectivity index (χ2v) is 5.79. The molecule has 2 aromatic rings. The van der Waals surface area contributed by atoms with Crippen LogP contribution in [0.5, 0.6) is 0 Å². The van der Waals surface area contributed by atoms with Gasteiger partial charge in [-0.25, -0.2) is 4.98 Å². The molecule has 0 unspecified atom stereocenters. The lowest BCUT2D eigenvalue weighted by Gasteiger charge is -2.10. The van der Waals surface area contributed by atoms with Gasteiger partial charge in [-0.1, -0.05) is 24.9 Å². The van der Waals surface area contributed by atoms with Crippen molar-refractivity contribution in [2.75, 3.05) is 13.1 Å². The molecule has 1 saturated heterocycles. The van der Waals surface area contributed by atoms with Crippen LogP contribution in [0.4, 0.5) is 0 Å². The van der Waals surface area contributed by atoms with E-state index in [1.807, 2.05) is 18.5 Å². The van der Waals surface area contributed by atoms with Gasteiger partial charge in [0, 0.05) is 24.3 Å². The molecule has 3 rings (SSSR count). The first-order valence-corrected chi connectivity index (χ1v) is 7.73. The quantitative estimate of drug-likeness (QED) is 0.848. The fraction of sp³-hybridized carbons (Fsp3) is 0.438. The van der Waals surface area contributed by atoms with Crippen molar-refractivity contribution in [3.05, 3.63) is 41.1 Å². The van der Waals surface area contributed by atoms with Gasteiger partial charge in [0.25, 0.3) is 0 Å². The third-order valence-electron chi connectivity index (χ3n) is 3.81. The van der Waals surface area contributed by atoms with Crippen molar-refractivity contribution >= 4 is 23.2 Å². The number of hydrogen-bond acceptors (Lipinski definition) is 2. The van der Waals surface area contributed by atoms with Crippen molar-refractivity contribution in [3.8, 4) is 0 Å². The Morgan fingerprint density at radius 1 is 1.30 bits per heavy atom. The molecule has 106 valence electrons. The maximum Gasteiger partial charge on any atom is 0.1000 e. The molecule has 0 atom stereocenters. The van der Waals surface area contributed by atoms with Crippen LogP contribution in [0.2, 0.25) is 5.02 Å². The Morgan fingerprint density at radius 2 is 2.10 bits per heavy atom. The summed E-state index contributed by atoms with van der Waals surface area (Å²) in [5, 5.41) is 0.774. The first kappa shape index (κ1) is 13.5. The van der Waals surface area contributed by atoms with Crippen LogP contribution in [0.15, 0.2) is 24.7 Å². The fourth-order valence-corrected chi connectivity index (χ4v) is 2.98. The molecule has 0 spiro atoms. The van der Waals surface area contributed by atoms with Crippen LogP contribution >= 0.6 is 11.6 Å². The van der Waals surface area contributed by atoms with E-state index in [2.05, 4.69) is 33.5 Å². The first-order valence-electron chi connectivity index (χ1n) is 7.35. The van der Waals surface area contributed by atoms with Gasteiger partial charge in [-0.05, 0) is 37.5 Å². The summed E-state index contributed by atoms with van der Waals surface area (Å²) in [4.78, 5) is 6.88. The second kappa shape index (κ2) is 5.88. The van der Waals surface area contributed by atoms with Gasteiger partial charge in [-0.2, -0.15) is 0 Å². The lowest BCUT2D eigenvalue weighted by Crippen LogP contribution is -2.10. The minimum absolute atomic E-state index is 0.774. The van der Waals surface area contributed by atoms with E-state index in [-0.39, 0.29) is 0 Å². The van der Waals surface area contributed by atoms with E-state index in [4.69, 9.17) is 11.6 Å². The zero-order chi connectivity index (χ0) is 13.9. The Hall–Kier alpha value is -1.48. The fourth-order valence-electron chi connectivity index (χ4n) is 2.77. The minimum Gasteiger partial charge on any atom is -0.377 e. The molecular formula is C16H20ClN3. The van der Waals surface area contributed by atoms with Crippen LogP contribution in [0.1, 0.15) is 37.6 Å². The van der Waals surface area contributed by atoms with Gasteiger partial charge < -0.3 is 4.90 Å². The van der Waals surface area contributed by atoms with Gasteiger partial charge in [0.2, 0.25) is 0 Å². The van der Waals surface area contributed by atoms with E-state index in [1.165, 1.54) is 12.8 Å². The highest BCUT2D eigenvalue weighted by atomic mass is 35.5. The van der Waals surface area contributed by atoms with Gasteiger partial charge in [0.15, 0.2) is 0 Å². The monoisotopic (exact) mass is 289 g/mol.